The van der Waals surface area contributed by atoms with Crippen LogP contribution in [0.1, 0.15) is 12.8 Å². The van der Waals surface area contributed by atoms with Crippen LogP contribution in [0, 0.1) is 5.82 Å². The molecule has 1 aliphatic rings. The normalized spacial score (nSPS) is 16.3. The van der Waals surface area contributed by atoms with Crippen molar-refractivity contribution in [1.82, 2.24) is 4.90 Å². The molecule has 2 rings (SSSR count). The molecule has 0 aliphatic heterocycles. The molecule has 0 saturated heterocycles. The Hall–Kier alpha value is -1.43. The Kier molecular flexibility index (Phi) is 3.65. The molecule has 1 amide bonds. The van der Waals surface area contributed by atoms with Crippen LogP contribution in [-0.4, -0.2) is 33.9 Å². The number of carbonyl (C=O) groups excluding carboxylic acids is 1. The summed E-state index contributed by atoms with van der Waals surface area (Å²) in [5.41, 5.74) is 5.88. The van der Waals surface area contributed by atoms with Crippen LogP contribution in [0.2, 0.25) is 0 Å². The van der Waals surface area contributed by atoms with Crippen molar-refractivity contribution in [2.75, 3.05) is 18.5 Å². The third kappa shape index (κ3) is 2.87. The van der Waals surface area contributed by atoms with Gasteiger partial charge in [-0.25, -0.2) is 4.39 Å². The molecule has 0 radical (unpaired) electrons. The summed E-state index contributed by atoms with van der Waals surface area (Å²) >= 11 is 0. The van der Waals surface area contributed by atoms with Gasteiger partial charge in [0.25, 0.3) is 0 Å². The van der Waals surface area contributed by atoms with Gasteiger partial charge in [-0.1, -0.05) is 0 Å². The van der Waals surface area contributed by atoms with Gasteiger partial charge in [-0.3, -0.25) is 9.00 Å². The first-order valence-corrected chi connectivity index (χ1v) is 7.00. The fourth-order valence-electron chi connectivity index (χ4n) is 1.66. The first-order chi connectivity index (χ1) is 8.49. The largest absolute Gasteiger partial charge is 0.398 e. The van der Waals surface area contributed by atoms with E-state index in [1.165, 1.54) is 12.1 Å². The number of amides is 1. The fourth-order valence-corrected chi connectivity index (χ4v) is 2.82. The van der Waals surface area contributed by atoms with Gasteiger partial charge in [0.2, 0.25) is 5.91 Å². The number of benzene rings is 1. The number of carbonyl (C=O) groups is 1. The van der Waals surface area contributed by atoms with Gasteiger partial charge in [0, 0.05) is 18.8 Å². The number of anilines is 1. The molecule has 4 nitrogen and oxygen atoms in total. The van der Waals surface area contributed by atoms with Gasteiger partial charge in [0.1, 0.15) is 11.6 Å². The molecule has 0 heterocycles. The maximum absolute atomic E-state index is 13.1. The van der Waals surface area contributed by atoms with Crippen LogP contribution in [0.4, 0.5) is 10.1 Å². The van der Waals surface area contributed by atoms with Crippen molar-refractivity contribution in [3.63, 3.8) is 0 Å². The van der Waals surface area contributed by atoms with Crippen LogP contribution >= 0.6 is 0 Å². The maximum atomic E-state index is 13.1. The van der Waals surface area contributed by atoms with Gasteiger partial charge >= 0.3 is 0 Å². The smallest absolute Gasteiger partial charge is 0.235 e. The Morgan fingerprint density at radius 2 is 2.22 bits per heavy atom. The fraction of sp³-hybridized carbons (Fsp3) is 0.417. The molecule has 0 bridgehead atoms. The lowest BCUT2D eigenvalue weighted by molar-refractivity contribution is -0.127. The predicted molar refractivity (Wildman–Crippen MR) is 67.9 cm³/mol. The molecule has 1 fully saturated rings. The van der Waals surface area contributed by atoms with E-state index in [2.05, 4.69) is 0 Å². The molecule has 2 N–H and O–H groups in total. The summed E-state index contributed by atoms with van der Waals surface area (Å²) in [5.74, 6) is -0.851. The molecule has 0 aromatic heterocycles. The van der Waals surface area contributed by atoms with E-state index in [1.54, 1.807) is 11.9 Å². The molecule has 1 saturated carbocycles. The third-order valence-corrected chi connectivity index (χ3v) is 4.32. The number of nitrogen functional groups attached to an aromatic ring is 1. The van der Waals surface area contributed by atoms with Crippen LogP contribution in [0.15, 0.2) is 23.1 Å². The van der Waals surface area contributed by atoms with Crippen molar-refractivity contribution in [3.05, 3.63) is 24.0 Å². The van der Waals surface area contributed by atoms with Crippen molar-refractivity contribution < 1.29 is 13.4 Å². The maximum Gasteiger partial charge on any atom is 0.235 e. The highest BCUT2D eigenvalue weighted by Gasteiger charge is 2.30. The second-order valence-electron chi connectivity index (χ2n) is 4.41. The first-order valence-electron chi connectivity index (χ1n) is 5.68. The highest BCUT2D eigenvalue weighted by Crippen LogP contribution is 2.26. The van der Waals surface area contributed by atoms with E-state index >= 15 is 0 Å². The first kappa shape index (κ1) is 13.0. The number of nitrogens with zero attached hydrogens (tertiary/aromatic N) is 1. The van der Waals surface area contributed by atoms with Gasteiger partial charge < -0.3 is 10.6 Å². The van der Waals surface area contributed by atoms with Crippen LogP contribution in [-0.2, 0) is 15.6 Å². The average molecular weight is 270 g/mol. The molecule has 1 atom stereocenters. The summed E-state index contributed by atoms with van der Waals surface area (Å²) < 4.78 is 25.0. The SMILES string of the molecule is CN(C(=O)CS(=O)c1cc(F)ccc1N)C1CC1. The highest BCUT2D eigenvalue weighted by atomic mass is 32.2. The minimum Gasteiger partial charge on any atom is -0.398 e. The van der Waals surface area contributed by atoms with E-state index in [0.717, 1.165) is 18.9 Å². The average Bonchev–Trinajstić information content (AvgIpc) is 3.15. The van der Waals surface area contributed by atoms with E-state index in [-0.39, 0.29) is 28.3 Å². The number of halogens is 1. The lowest BCUT2D eigenvalue weighted by atomic mass is 10.3. The standard InChI is InChI=1S/C12H15FN2O2S/c1-15(9-3-4-9)12(16)7-18(17)11-6-8(13)2-5-10(11)14/h2,5-6,9H,3-4,7,14H2,1H3. The van der Waals surface area contributed by atoms with Crippen molar-refractivity contribution in [1.29, 1.82) is 0 Å². The van der Waals surface area contributed by atoms with Gasteiger partial charge in [-0.15, -0.1) is 0 Å². The molecule has 1 aromatic rings. The van der Waals surface area contributed by atoms with E-state index < -0.39 is 16.6 Å². The molecule has 18 heavy (non-hydrogen) atoms. The molecular weight excluding hydrogens is 255 g/mol. The quantitative estimate of drug-likeness (QED) is 0.834. The van der Waals surface area contributed by atoms with E-state index in [0.29, 0.717) is 0 Å². The molecule has 0 spiro atoms. The Labute approximate surface area is 107 Å². The Bertz CT molecular complexity index is 503. The van der Waals surface area contributed by atoms with E-state index in [9.17, 15) is 13.4 Å². The topological polar surface area (TPSA) is 63.4 Å². The molecule has 1 aliphatic carbocycles. The third-order valence-electron chi connectivity index (χ3n) is 2.96. The number of nitrogens with two attached hydrogens (primary N) is 1. The minimum absolute atomic E-state index is 0.152. The summed E-state index contributed by atoms with van der Waals surface area (Å²) in [5, 5.41) is 0. The van der Waals surface area contributed by atoms with Gasteiger partial charge in [0.15, 0.2) is 0 Å². The zero-order chi connectivity index (χ0) is 13.3. The lowest BCUT2D eigenvalue weighted by Crippen LogP contribution is -2.32. The summed E-state index contributed by atoms with van der Waals surface area (Å²) in [6.07, 6.45) is 1.99. The van der Waals surface area contributed by atoms with Crippen molar-refractivity contribution >= 4 is 22.4 Å². The van der Waals surface area contributed by atoms with Crippen LogP contribution < -0.4 is 5.73 Å². The minimum atomic E-state index is -1.60. The number of rotatable bonds is 4. The number of hydrogen-bond donors (Lipinski definition) is 1. The van der Waals surface area contributed by atoms with Crippen LogP contribution in [0.3, 0.4) is 0 Å². The van der Waals surface area contributed by atoms with Gasteiger partial charge in [-0.05, 0) is 31.0 Å². The number of hydrogen-bond acceptors (Lipinski definition) is 3. The zero-order valence-corrected chi connectivity index (χ0v) is 10.9. The zero-order valence-electron chi connectivity index (χ0n) is 10.1. The highest BCUT2D eigenvalue weighted by molar-refractivity contribution is 7.86. The summed E-state index contributed by atoms with van der Waals surface area (Å²) in [4.78, 5) is 13.6. The Balaban J connectivity index is 2.07. The Morgan fingerprint density at radius 1 is 1.56 bits per heavy atom. The van der Waals surface area contributed by atoms with Crippen molar-refractivity contribution in [2.45, 2.75) is 23.8 Å². The second-order valence-corrected chi connectivity index (χ2v) is 5.83. The van der Waals surface area contributed by atoms with Crippen LogP contribution in [0.5, 0.6) is 0 Å². The van der Waals surface area contributed by atoms with Crippen molar-refractivity contribution in [3.8, 4) is 0 Å². The molecule has 1 unspecified atom stereocenters. The van der Waals surface area contributed by atoms with Gasteiger partial charge in [-0.2, -0.15) is 0 Å². The van der Waals surface area contributed by atoms with E-state index in [1.807, 2.05) is 0 Å². The lowest BCUT2D eigenvalue weighted by Gasteiger charge is -2.16. The molecule has 1 aromatic carbocycles. The monoisotopic (exact) mass is 270 g/mol. The predicted octanol–water partition coefficient (Wildman–Crippen LogP) is 1.14. The van der Waals surface area contributed by atoms with Gasteiger partial charge in [0.05, 0.1) is 15.7 Å². The van der Waals surface area contributed by atoms with E-state index in [4.69, 9.17) is 5.73 Å². The molecule has 98 valence electrons. The molecular formula is C12H15FN2O2S. The molecule has 6 heteroatoms. The Morgan fingerprint density at radius 3 is 2.83 bits per heavy atom. The summed E-state index contributed by atoms with van der Waals surface area (Å²) in [6.45, 7) is 0. The summed E-state index contributed by atoms with van der Waals surface area (Å²) in [7, 11) is 0.0996. The summed E-state index contributed by atoms with van der Waals surface area (Å²) in [6, 6.07) is 3.96. The second kappa shape index (κ2) is 5.06. The van der Waals surface area contributed by atoms with Crippen molar-refractivity contribution in [2.24, 2.45) is 0 Å². The van der Waals surface area contributed by atoms with Crippen LogP contribution in [0.25, 0.3) is 0 Å².